The minimum absolute atomic E-state index is 0.0541. The number of rotatable bonds is 6. The SMILES string of the molecule is CC(NC(=O)CC1CCS(=O)(=O)C1)c1ccc(OC(F)F)cc1. The normalized spacial score (nSPS) is 21.1. The maximum absolute atomic E-state index is 12.1. The summed E-state index contributed by atoms with van der Waals surface area (Å²) in [6.45, 7) is -1.10. The highest BCUT2D eigenvalue weighted by Gasteiger charge is 2.29. The maximum Gasteiger partial charge on any atom is 0.387 e. The lowest BCUT2D eigenvalue weighted by Crippen LogP contribution is -2.28. The molecule has 0 saturated carbocycles. The molecule has 8 heteroatoms. The minimum Gasteiger partial charge on any atom is -0.435 e. The van der Waals surface area contributed by atoms with Crippen LogP contribution < -0.4 is 10.1 Å². The first kappa shape index (κ1) is 17.7. The van der Waals surface area contributed by atoms with Gasteiger partial charge in [-0.3, -0.25) is 4.79 Å². The van der Waals surface area contributed by atoms with Crippen LogP contribution in [0.4, 0.5) is 8.78 Å². The number of hydrogen-bond acceptors (Lipinski definition) is 4. The van der Waals surface area contributed by atoms with Gasteiger partial charge in [0.2, 0.25) is 5.91 Å². The molecule has 0 radical (unpaired) electrons. The molecule has 0 aliphatic carbocycles. The van der Waals surface area contributed by atoms with Gasteiger partial charge in [0.05, 0.1) is 17.5 Å². The van der Waals surface area contributed by atoms with E-state index in [1.54, 1.807) is 19.1 Å². The van der Waals surface area contributed by atoms with E-state index >= 15 is 0 Å². The maximum atomic E-state index is 12.1. The molecule has 2 unspecified atom stereocenters. The molecule has 23 heavy (non-hydrogen) atoms. The fourth-order valence-corrected chi connectivity index (χ4v) is 4.48. The molecule has 1 aliphatic heterocycles. The lowest BCUT2D eigenvalue weighted by molar-refractivity contribution is -0.122. The molecule has 0 spiro atoms. The predicted molar refractivity (Wildman–Crippen MR) is 81.0 cm³/mol. The number of halogens is 2. The molecule has 1 heterocycles. The number of sulfone groups is 1. The lowest BCUT2D eigenvalue weighted by atomic mass is 10.0. The van der Waals surface area contributed by atoms with Gasteiger partial charge in [0, 0.05) is 6.42 Å². The molecule has 5 nitrogen and oxygen atoms in total. The van der Waals surface area contributed by atoms with Crippen molar-refractivity contribution in [3.8, 4) is 5.75 Å². The number of alkyl halides is 2. The molecular weight excluding hydrogens is 328 g/mol. The van der Waals surface area contributed by atoms with E-state index in [4.69, 9.17) is 0 Å². The van der Waals surface area contributed by atoms with Crippen molar-refractivity contribution in [3.05, 3.63) is 29.8 Å². The third-order valence-electron chi connectivity index (χ3n) is 3.78. The standard InChI is InChI=1S/C15H19F2NO4S/c1-10(12-2-4-13(5-3-12)22-15(16)17)18-14(19)8-11-6-7-23(20,21)9-11/h2-5,10-11,15H,6-9H2,1H3,(H,18,19). The van der Waals surface area contributed by atoms with Gasteiger partial charge in [0.25, 0.3) is 0 Å². The van der Waals surface area contributed by atoms with E-state index < -0.39 is 16.4 Å². The average molecular weight is 347 g/mol. The lowest BCUT2D eigenvalue weighted by Gasteiger charge is -2.16. The Morgan fingerprint density at radius 3 is 2.52 bits per heavy atom. The van der Waals surface area contributed by atoms with Gasteiger partial charge in [-0.1, -0.05) is 12.1 Å². The van der Waals surface area contributed by atoms with Crippen molar-refractivity contribution in [2.45, 2.75) is 32.4 Å². The second-order valence-electron chi connectivity index (χ2n) is 5.71. The van der Waals surface area contributed by atoms with Crippen molar-refractivity contribution in [3.63, 3.8) is 0 Å². The van der Waals surface area contributed by atoms with Gasteiger partial charge in [0.15, 0.2) is 9.84 Å². The Labute approximate surface area is 133 Å². The minimum atomic E-state index is -2.99. The molecule has 128 valence electrons. The van der Waals surface area contributed by atoms with Crippen LogP contribution in [0.25, 0.3) is 0 Å². The Hall–Kier alpha value is -1.70. The number of carbonyl (C=O) groups is 1. The number of carbonyl (C=O) groups excluding carboxylic acids is 1. The highest BCUT2D eigenvalue weighted by molar-refractivity contribution is 7.91. The zero-order valence-corrected chi connectivity index (χ0v) is 13.5. The van der Waals surface area contributed by atoms with E-state index in [0.717, 1.165) is 5.56 Å². The van der Waals surface area contributed by atoms with Crippen molar-refractivity contribution in [2.24, 2.45) is 5.92 Å². The molecule has 0 aromatic heterocycles. The van der Waals surface area contributed by atoms with Gasteiger partial charge >= 0.3 is 6.61 Å². The third-order valence-corrected chi connectivity index (χ3v) is 5.62. The summed E-state index contributed by atoms with van der Waals surface area (Å²) in [7, 11) is -2.99. The zero-order valence-electron chi connectivity index (χ0n) is 12.7. The molecule has 1 fully saturated rings. The summed E-state index contributed by atoms with van der Waals surface area (Å²) < 4.78 is 51.2. The van der Waals surface area contributed by atoms with Gasteiger partial charge in [0.1, 0.15) is 5.75 Å². The van der Waals surface area contributed by atoms with E-state index in [0.29, 0.717) is 6.42 Å². The van der Waals surface area contributed by atoms with Gasteiger partial charge < -0.3 is 10.1 Å². The van der Waals surface area contributed by atoms with Gasteiger partial charge in [-0.25, -0.2) is 8.42 Å². The van der Waals surface area contributed by atoms with E-state index in [9.17, 15) is 22.0 Å². The molecular formula is C15H19F2NO4S. The number of amides is 1. The summed E-state index contributed by atoms with van der Waals surface area (Å²) >= 11 is 0. The van der Waals surface area contributed by atoms with E-state index in [1.807, 2.05) is 0 Å². The molecule has 2 atom stereocenters. The molecule has 1 aromatic carbocycles. The van der Waals surface area contributed by atoms with Gasteiger partial charge in [-0.2, -0.15) is 8.78 Å². The van der Waals surface area contributed by atoms with Crippen molar-refractivity contribution in [1.29, 1.82) is 0 Å². The number of hydrogen-bond donors (Lipinski definition) is 1. The molecule has 2 rings (SSSR count). The van der Waals surface area contributed by atoms with Gasteiger partial charge in [-0.05, 0) is 37.0 Å². The number of nitrogens with one attached hydrogen (secondary N) is 1. The predicted octanol–water partition coefficient (Wildman–Crippen LogP) is 2.29. The molecule has 1 aliphatic rings. The summed E-state index contributed by atoms with van der Waals surface area (Å²) in [5.74, 6) is -0.0828. The Morgan fingerprint density at radius 2 is 2.00 bits per heavy atom. The summed E-state index contributed by atoms with van der Waals surface area (Å²) in [5, 5.41) is 2.79. The topological polar surface area (TPSA) is 72.5 Å². The highest BCUT2D eigenvalue weighted by atomic mass is 32.2. The number of benzene rings is 1. The van der Waals surface area contributed by atoms with Crippen LogP contribution >= 0.6 is 0 Å². The second kappa shape index (κ2) is 7.25. The molecule has 1 N–H and O–H groups in total. The summed E-state index contributed by atoms with van der Waals surface area (Å²) in [5.41, 5.74) is 0.749. The van der Waals surface area contributed by atoms with E-state index in [-0.39, 0.29) is 41.5 Å². The Kier molecular flexibility index (Phi) is 5.56. The van der Waals surface area contributed by atoms with Crippen LogP contribution in [0, 0.1) is 5.92 Å². The van der Waals surface area contributed by atoms with Crippen LogP contribution in [0.15, 0.2) is 24.3 Å². The monoisotopic (exact) mass is 347 g/mol. The first-order chi connectivity index (χ1) is 10.7. The Bertz CT molecular complexity index is 646. The fourth-order valence-electron chi connectivity index (χ4n) is 2.62. The van der Waals surface area contributed by atoms with Crippen LogP contribution in [-0.2, 0) is 14.6 Å². The van der Waals surface area contributed by atoms with Crippen molar-refractivity contribution >= 4 is 15.7 Å². The summed E-state index contributed by atoms with van der Waals surface area (Å²) in [6.07, 6.45) is 0.694. The van der Waals surface area contributed by atoms with Crippen LogP contribution in [0.5, 0.6) is 5.75 Å². The first-order valence-electron chi connectivity index (χ1n) is 7.30. The molecule has 0 bridgehead atoms. The summed E-state index contributed by atoms with van der Waals surface area (Å²) in [4.78, 5) is 12.0. The number of ether oxygens (including phenoxy) is 1. The van der Waals surface area contributed by atoms with Crippen molar-refractivity contribution < 1.29 is 26.7 Å². The zero-order chi connectivity index (χ0) is 17.0. The smallest absolute Gasteiger partial charge is 0.387 e. The largest absolute Gasteiger partial charge is 0.435 e. The molecule has 1 saturated heterocycles. The Balaban J connectivity index is 1.86. The van der Waals surface area contributed by atoms with E-state index in [2.05, 4.69) is 10.1 Å². The van der Waals surface area contributed by atoms with Crippen molar-refractivity contribution in [2.75, 3.05) is 11.5 Å². The summed E-state index contributed by atoms with van der Waals surface area (Å²) in [6, 6.07) is 5.72. The van der Waals surface area contributed by atoms with Crippen LogP contribution in [-0.4, -0.2) is 32.4 Å². The highest BCUT2D eigenvalue weighted by Crippen LogP contribution is 2.23. The van der Waals surface area contributed by atoms with Gasteiger partial charge in [-0.15, -0.1) is 0 Å². The van der Waals surface area contributed by atoms with Crippen LogP contribution in [0.2, 0.25) is 0 Å². The van der Waals surface area contributed by atoms with Crippen molar-refractivity contribution in [1.82, 2.24) is 5.32 Å². The second-order valence-corrected chi connectivity index (χ2v) is 7.94. The van der Waals surface area contributed by atoms with E-state index in [1.165, 1.54) is 12.1 Å². The third kappa shape index (κ3) is 5.46. The molecule has 1 aromatic rings. The van der Waals surface area contributed by atoms with Crippen LogP contribution in [0.1, 0.15) is 31.4 Å². The Morgan fingerprint density at radius 1 is 1.35 bits per heavy atom. The quantitative estimate of drug-likeness (QED) is 0.857. The van der Waals surface area contributed by atoms with Crippen LogP contribution in [0.3, 0.4) is 0 Å². The average Bonchev–Trinajstić information content (AvgIpc) is 2.77. The first-order valence-corrected chi connectivity index (χ1v) is 9.12. The fraction of sp³-hybridized carbons (Fsp3) is 0.533. The molecule has 1 amide bonds.